The van der Waals surface area contributed by atoms with Gasteiger partial charge in [-0.05, 0) is 43.0 Å². The number of Topliss-reactive ketones (excluding diaryl/α,β-unsaturated/α-hetero) is 1. The van der Waals surface area contributed by atoms with Crippen LogP contribution in [0.4, 0.5) is 0 Å². The Balaban J connectivity index is 1.83. The highest BCUT2D eigenvalue weighted by Gasteiger charge is 2.24. The fourth-order valence-electron chi connectivity index (χ4n) is 2.77. The van der Waals surface area contributed by atoms with E-state index < -0.39 is 5.60 Å². The van der Waals surface area contributed by atoms with Crippen LogP contribution in [0.2, 0.25) is 0 Å². The molecule has 0 spiro atoms. The molecule has 0 aromatic heterocycles. The van der Waals surface area contributed by atoms with Gasteiger partial charge in [0.1, 0.15) is 5.60 Å². The van der Waals surface area contributed by atoms with Gasteiger partial charge >= 0.3 is 0 Å². The Bertz CT molecular complexity index is 865. The zero-order valence-corrected chi connectivity index (χ0v) is 14.8. The van der Waals surface area contributed by atoms with E-state index in [1.54, 1.807) is 12.1 Å². The molecule has 0 heterocycles. The average Bonchev–Trinajstić information content (AvgIpc) is 2.61. The predicted octanol–water partition coefficient (Wildman–Crippen LogP) is 5.28. The second kappa shape index (κ2) is 6.66. The minimum atomic E-state index is -1.35. The highest BCUT2D eigenvalue weighted by atomic mass is 16.3. The molecule has 0 atom stereocenters. The van der Waals surface area contributed by atoms with Crippen LogP contribution in [-0.4, -0.2) is 16.5 Å². The molecule has 0 radical (unpaired) electrons. The molecule has 126 valence electrons. The summed E-state index contributed by atoms with van der Waals surface area (Å²) < 4.78 is 0. The first-order valence-corrected chi connectivity index (χ1v) is 8.39. The Morgan fingerprint density at radius 2 is 1.00 bits per heavy atom. The van der Waals surface area contributed by atoms with Crippen molar-refractivity contribution in [2.24, 2.45) is 0 Å². The average molecular weight is 330 g/mol. The van der Waals surface area contributed by atoms with Crippen LogP contribution in [0, 0.1) is 6.92 Å². The zero-order valence-electron chi connectivity index (χ0n) is 14.8. The summed E-state index contributed by atoms with van der Waals surface area (Å²) in [5, 5.41) is 9.83. The summed E-state index contributed by atoms with van der Waals surface area (Å²) in [5.74, 6) is -0.270. The van der Waals surface area contributed by atoms with Gasteiger partial charge in [-0.1, -0.05) is 78.4 Å². The lowest BCUT2D eigenvalue weighted by Gasteiger charge is -2.15. The minimum Gasteiger partial charge on any atom is -0.382 e. The normalized spacial score (nSPS) is 11.4. The molecule has 3 aromatic carbocycles. The molecular weight excluding hydrogens is 308 g/mol. The molecule has 3 aromatic rings. The van der Waals surface area contributed by atoms with Crippen LogP contribution in [0.3, 0.4) is 0 Å². The maximum atomic E-state index is 12.1. The van der Waals surface area contributed by atoms with Gasteiger partial charge in [-0.2, -0.15) is 0 Å². The standard InChI is InChI=1S/C23H22O2/c1-16-4-6-17(7-5-16)18-8-10-19(11-9-18)20-12-14-21(15-13-20)22(24)23(2,3)25/h4-15,25H,1-3H3. The van der Waals surface area contributed by atoms with Crippen molar-refractivity contribution in [1.29, 1.82) is 0 Å². The third-order valence-corrected chi connectivity index (χ3v) is 4.31. The van der Waals surface area contributed by atoms with Crippen molar-refractivity contribution in [3.05, 3.63) is 83.9 Å². The van der Waals surface area contributed by atoms with E-state index in [2.05, 4.69) is 55.5 Å². The zero-order chi connectivity index (χ0) is 18.0. The number of hydrogen-bond donors (Lipinski definition) is 1. The van der Waals surface area contributed by atoms with Crippen molar-refractivity contribution in [1.82, 2.24) is 0 Å². The van der Waals surface area contributed by atoms with Crippen LogP contribution in [-0.2, 0) is 0 Å². The number of carbonyl (C=O) groups is 1. The molecule has 2 nitrogen and oxygen atoms in total. The van der Waals surface area contributed by atoms with Crippen LogP contribution in [0.15, 0.2) is 72.8 Å². The van der Waals surface area contributed by atoms with E-state index in [-0.39, 0.29) is 5.78 Å². The van der Waals surface area contributed by atoms with Crippen LogP contribution in [0.5, 0.6) is 0 Å². The Hall–Kier alpha value is -2.71. The molecule has 0 aliphatic rings. The van der Waals surface area contributed by atoms with E-state index >= 15 is 0 Å². The van der Waals surface area contributed by atoms with Gasteiger partial charge in [-0.25, -0.2) is 0 Å². The van der Waals surface area contributed by atoms with Crippen molar-refractivity contribution in [3.8, 4) is 22.3 Å². The van der Waals surface area contributed by atoms with E-state index in [1.807, 2.05) is 12.1 Å². The summed E-state index contributed by atoms with van der Waals surface area (Å²) in [6.45, 7) is 5.10. The van der Waals surface area contributed by atoms with Crippen molar-refractivity contribution < 1.29 is 9.90 Å². The highest BCUT2D eigenvalue weighted by molar-refractivity contribution is 6.02. The minimum absolute atomic E-state index is 0.270. The summed E-state index contributed by atoms with van der Waals surface area (Å²) in [5.41, 5.74) is 4.94. The topological polar surface area (TPSA) is 37.3 Å². The van der Waals surface area contributed by atoms with Gasteiger partial charge in [-0.3, -0.25) is 4.79 Å². The first-order chi connectivity index (χ1) is 11.8. The Morgan fingerprint density at radius 3 is 1.36 bits per heavy atom. The third kappa shape index (κ3) is 3.86. The maximum Gasteiger partial charge on any atom is 0.193 e. The van der Waals surface area contributed by atoms with Crippen LogP contribution >= 0.6 is 0 Å². The van der Waals surface area contributed by atoms with Gasteiger partial charge in [0.2, 0.25) is 0 Å². The molecule has 0 bridgehead atoms. The fraction of sp³-hybridized carbons (Fsp3) is 0.174. The van der Waals surface area contributed by atoms with Crippen molar-refractivity contribution in [3.63, 3.8) is 0 Å². The fourth-order valence-corrected chi connectivity index (χ4v) is 2.77. The molecule has 0 saturated heterocycles. The van der Waals surface area contributed by atoms with Gasteiger partial charge in [0, 0.05) is 5.56 Å². The summed E-state index contributed by atoms with van der Waals surface area (Å²) in [6, 6.07) is 24.2. The summed E-state index contributed by atoms with van der Waals surface area (Å²) in [7, 11) is 0. The van der Waals surface area contributed by atoms with Gasteiger partial charge in [0.15, 0.2) is 5.78 Å². The molecule has 0 aliphatic heterocycles. The van der Waals surface area contributed by atoms with E-state index in [0.29, 0.717) is 5.56 Å². The molecule has 0 aliphatic carbocycles. The van der Waals surface area contributed by atoms with Crippen LogP contribution in [0.1, 0.15) is 29.8 Å². The summed E-state index contributed by atoms with van der Waals surface area (Å²) >= 11 is 0. The number of benzene rings is 3. The van der Waals surface area contributed by atoms with Gasteiger partial charge in [0.05, 0.1) is 0 Å². The lowest BCUT2D eigenvalue weighted by molar-refractivity contribution is 0.0488. The van der Waals surface area contributed by atoms with E-state index in [9.17, 15) is 9.90 Å². The smallest absolute Gasteiger partial charge is 0.193 e. The molecule has 25 heavy (non-hydrogen) atoms. The Labute approximate surface area is 148 Å². The predicted molar refractivity (Wildman–Crippen MR) is 103 cm³/mol. The number of carbonyl (C=O) groups excluding carboxylic acids is 1. The molecule has 1 N–H and O–H groups in total. The number of ketones is 1. The third-order valence-electron chi connectivity index (χ3n) is 4.31. The van der Waals surface area contributed by atoms with Crippen molar-refractivity contribution in [2.75, 3.05) is 0 Å². The molecule has 0 fully saturated rings. The Kier molecular flexibility index (Phi) is 4.56. The van der Waals surface area contributed by atoms with Crippen molar-refractivity contribution >= 4 is 5.78 Å². The monoisotopic (exact) mass is 330 g/mol. The SMILES string of the molecule is Cc1ccc(-c2ccc(-c3ccc(C(=O)C(C)(C)O)cc3)cc2)cc1. The summed E-state index contributed by atoms with van der Waals surface area (Å²) in [4.78, 5) is 12.1. The molecule has 0 saturated carbocycles. The number of aryl methyl sites for hydroxylation is 1. The largest absolute Gasteiger partial charge is 0.382 e. The molecule has 0 amide bonds. The van der Waals surface area contributed by atoms with E-state index in [0.717, 1.165) is 11.1 Å². The Morgan fingerprint density at radius 1 is 0.680 bits per heavy atom. The first-order valence-electron chi connectivity index (χ1n) is 8.39. The number of rotatable bonds is 4. The number of aliphatic hydroxyl groups is 1. The van der Waals surface area contributed by atoms with Gasteiger partial charge in [-0.15, -0.1) is 0 Å². The summed E-state index contributed by atoms with van der Waals surface area (Å²) in [6.07, 6.45) is 0. The second-order valence-corrected chi connectivity index (χ2v) is 6.91. The van der Waals surface area contributed by atoms with Gasteiger partial charge in [0.25, 0.3) is 0 Å². The lowest BCUT2D eigenvalue weighted by atomic mass is 9.94. The molecular formula is C23H22O2. The molecule has 2 heteroatoms. The van der Waals surface area contributed by atoms with Crippen LogP contribution < -0.4 is 0 Å². The highest BCUT2D eigenvalue weighted by Crippen LogP contribution is 2.26. The number of hydrogen-bond acceptors (Lipinski definition) is 2. The first kappa shape index (κ1) is 17.1. The van der Waals surface area contributed by atoms with Crippen molar-refractivity contribution in [2.45, 2.75) is 26.4 Å². The lowest BCUT2D eigenvalue weighted by Crippen LogP contribution is -2.30. The van der Waals surface area contributed by atoms with Crippen LogP contribution in [0.25, 0.3) is 22.3 Å². The molecule has 3 rings (SSSR count). The van der Waals surface area contributed by atoms with Gasteiger partial charge < -0.3 is 5.11 Å². The molecule has 0 unspecified atom stereocenters. The van der Waals surface area contributed by atoms with E-state index in [1.165, 1.54) is 30.5 Å². The maximum absolute atomic E-state index is 12.1. The second-order valence-electron chi connectivity index (χ2n) is 6.91. The van der Waals surface area contributed by atoms with E-state index in [4.69, 9.17) is 0 Å². The quantitative estimate of drug-likeness (QED) is 0.661.